The molecule has 0 spiro atoms. The second kappa shape index (κ2) is 8.51. The molecule has 0 saturated carbocycles. The Morgan fingerprint density at radius 1 is 0.556 bits per heavy atom. The molecule has 36 heavy (non-hydrogen) atoms. The first-order valence-electron chi connectivity index (χ1n) is 11.7. The summed E-state index contributed by atoms with van der Waals surface area (Å²) in [5.41, 5.74) is 4.40. The molecule has 0 aliphatic heterocycles. The van der Waals surface area contributed by atoms with E-state index in [0.717, 1.165) is 16.7 Å². The lowest BCUT2D eigenvalue weighted by Gasteiger charge is -2.15. The molecule has 4 heteroatoms. The minimum absolute atomic E-state index is 0.371. The number of carbonyl (C=O) groups is 2. The van der Waals surface area contributed by atoms with Crippen molar-refractivity contribution in [3.05, 3.63) is 108 Å². The molecule has 4 nitrogen and oxygen atoms in total. The maximum Gasteiger partial charge on any atom is 0.338 e. The summed E-state index contributed by atoms with van der Waals surface area (Å²) >= 11 is 0. The van der Waals surface area contributed by atoms with Crippen LogP contribution in [0.4, 0.5) is 0 Å². The van der Waals surface area contributed by atoms with Crippen LogP contribution in [-0.4, -0.2) is 26.2 Å². The van der Waals surface area contributed by atoms with Crippen molar-refractivity contribution in [2.24, 2.45) is 0 Å². The predicted octanol–water partition coefficient (Wildman–Crippen LogP) is 7.49. The van der Waals surface area contributed by atoms with Crippen molar-refractivity contribution < 1.29 is 19.1 Å². The highest BCUT2D eigenvalue weighted by Crippen LogP contribution is 2.39. The van der Waals surface area contributed by atoms with Gasteiger partial charge >= 0.3 is 11.9 Å². The van der Waals surface area contributed by atoms with Gasteiger partial charge in [0.15, 0.2) is 0 Å². The van der Waals surface area contributed by atoms with Crippen LogP contribution in [0.2, 0.25) is 0 Å². The van der Waals surface area contributed by atoms with E-state index in [4.69, 9.17) is 9.47 Å². The molecule has 0 aliphatic carbocycles. The van der Waals surface area contributed by atoms with Crippen LogP contribution in [0.3, 0.4) is 0 Å². The molecule has 0 bridgehead atoms. The Labute approximate surface area is 208 Å². The van der Waals surface area contributed by atoms with Gasteiger partial charge in [-0.05, 0) is 72.8 Å². The second-order valence-corrected chi connectivity index (χ2v) is 8.79. The van der Waals surface area contributed by atoms with Gasteiger partial charge in [-0.25, -0.2) is 9.59 Å². The summed E-state index contributed by atoms with van der Waals surface area (Å²) in [7, 11) is 2.68. The number of rotatable bonds is 4. The minimum Gasteiger partial charge on any atom is -0.465 e. The normalized spacial score (nSPS) is 11.3. The van der Waals surface area contributed by atoms with Gasteiger partial charge in [0.1, 0.15) is 0 Å². The number of ether oxygens (including phenoxy) is 2. The lowest BCUT2D eigenvalue weighted by atomic mass is 9.89. The van der Waals surface area contributed by atoms with Gasteiger partial charge in [0, 0.05) is 0 Å². The van der Waals surface area contributed by atoms with Crippen LogP contribution < -0.4 is 0 Å². The highest BCUT2D eigenvalue weighted by molar-refractivity contribution is 6.25. The average Bonchev–Trinajstić information content (AvgIpc) is 2.94. The minimum atomic E-state index is -0.461. The molecule has 0 radical (unpaired) electrons. The number of hydrogen-bond acceptors (Lipinski definition) is 4. The van der Waals surface area contributed by atoms with E-state index in [9.17, 15) is 9.59 Å². The van der Waals surface area contributed by atoms with E-state index >= 15 is 0 Å². The first kappa shape index (κ1) is 21.8. The lowest BCUT2D eigenvalue weighted by Crippen LogP contribution is -2.07. The van der Waals surface area contributed by atoms with Crippen LogP contribution in [0, 0.1) is 0 Å². The van der Waals surface area contributed by atoms with Crippen molar-refractivity contribution in [3.63, 3.8) is 0 Å². The molecule has 174 valence electrons. The summed E-state index contributed by atoms with van der Waals surface area (Å²) in [5.74, 6) is -0.921. The molecule has 0 amide bonds. The van der Waals surface area contributed by atoms with Crippen LogP contribution in [0.1, 0.15) is 20.7 Å². The van der Waals surface area contributed by atoms with Gasteiger partial charge in [0.25, 0.3) is 0 Å². The summed E-state index contributed by atoms with van der Waals surface area (Å²) in [6, 6.07) is 32.4. The first-order valence-corrected chi connectivity index (χ1v) is 11.7. The third-order valence-electron chi connectivity index (χ3n) is 6.88. The largest absolute Gasteiger partial charge is 0.465 e. The van der Waals surface area contributed by atoms with Gasteiger partial charge in [-0.3, -0.25) is 0 Å². The van der Waals surface area contributed by atoms with E-state index in [1.807, 2.05) is 24.3 Å². The quantitative estimate of drug-likeness (QED) is 0.198. The molecule has 0 aromatic heterocycles. The van der Waals surface area contributed by atoms with Gasteiger partial charge < -0.3 is 9.47 Å². The van der Waals surface area contributed by atoms with Gasteiger partial charge in [-0.1, -0.05) is 78.9 Å². The van der Waals surface area contributed by atoms with E-state index < -0.39 is 11.9 Å². The van der Waals surface area contributed by atoms with Crippen molar-refractivity contribution in [1.82, 2.24) is 0 Å². The van der Waals surface area contributed by atoms with Crippen molar-refractivity contribution in [1.29, 1.82) is 0 Å². The summed E-state index contributed by atoms with van der Waals surface area (Å²) in [6.45, 7) is 0. The molecule has 0 heterocycles. The van der Waals surface area contributed by atoms with E-state index in [-0.39, 0.29) is 0 Å². The molecule has 0 aliphatic rings. The number of methoxy groups -OCH3 is 2. The van der Waals surface area contributed by atoms with Gasteiger partial charge in [0.05, 0.1) is 25.3 Å². The standard InChI is InChI=1S/C32H22O4/c1-35-31(33)24-14-17-27(32(34)36-2)28(18-24)20-8-6-19(7-9-20)25-15-12-23-11-10-21-4-3-5-22-13-16-26(25)30(23)29(21)22/h3-18H,1-2H3. The van der Waals surface area contributed by atoms with Crippen molar-refractivity contribution in [3.8, 4) is 22.3 Å². The SMILES string of the molecule is COC(=O)c1ccc(C(=O)OC)c(-c2ccc(-c3ccc4ccc5cccc6ccc3c4c56)cc2)c1. The number of esters is 2. The molecular formula is C32H22O4. The third-order valence-corrected chi connectivity index (χ3v) is 6.88. The molecule has 0 saturated heterocycles. The third kappa shape index (κ3) is 3.38. The van der Waals surface area contributed by atoms with Crippen LogP contribution >= 0.6 is 0 Å². The van der Waals surface area contributed by atoms with E-state index in [0.29, 0.717) is 16.7 Å². The summed E-state index contributed by atoms with van der Waals surface area (Å²) in [5, 5.41) is 7.45. The highest BCUT2D eigenvalue weighted by Gasteiger charge is 2.17. The summed E-state index contributed by atoms with van der Waals surface area (Å²) in [6.07, 6.45) is 0. The topological polar surface area (TPSA) is 52.6 Å². The molecular weight excluding hydrogens is 448 g/mol. The van der Waals surface area contributed by atoms with E-state index in [2.05, 4.69) is 54.6 Å². The second-order valence-electron chi connectivity index (χ2n) is 8.79. The van der Waals surface area contributed by atoms with Crippen molar-refractivity contribution >= 4 is 44.3 Å². The maximum atomic E-state index is 12.4. The Bertz CT molecular complexity index is 1770. The zero-order valence-corrected chi connectivity index (χ0v) is 19.9. The Morgan fingerprint density at radius 3 is 1.81 bits per heavy atom. The molecule has 0 atom stereocenters. The van der Waals surface area contributed by atoms with Crippen LogP contribution in [0.15, 0.2) is 97.1 Å². The zero-order valence-electron chi connectivity index (χ0n) is 19.9. The Morgan fingerprint density at radius 2 is 1.14 bits per heavy atom. The smallest absolute Gasteiger partial charge is 0.338 e. The predicted molar refractivity (Wildman–Crippen MR) is 144 cm³/mol. The number of carbonyl (C=O) groups excluding carboxylic acids is 2. The van der Waals surface area contributed by atoms with Gasteiger partial charge in [-0.2, -0.15) is 0 Å². The monoisotopic (exact) mass is 470 g/mol. The Hall–Kier alpha value is -4.70. The molecule has 0 unspecified atom stereocenters. The van der Waals surface area contributed by atoms with E-state index in [1.54, 1.807) is 18.2 Å². The summed E-state index contributed by atoms with van der Waals surface area (Å²) < 4.78 is 9.83. The molecule has 6 aromatic rings. The van der Waals surface area contributed by atoms with Gasteiger partial charge in [-0.15, -0.1) is 0 Å². The molecule has 0 fully saturated rings. The zero-order chi connectivity index (χ0) is 24.8. The molecule has 6 rings (SSSR count). The fourth-order valence-corrected chi connectivity index (χ4v) is 5.13. The lowest BCUT2D eigenvalue weighted by molar-refractivity contribution is 0.0587. The van der Waals surface area contributed by atoms with Gasteiger partial charge in [0.2, 0.25) is 0 Å². The van der Waals surface area contributed by atoms with E-state index in [1.165, 1.54) is 46.5 Å². The van der Waals surface area contributed by atoms with Crippen molar-refractivity contribution in [2.75, 3.05) is 14.2 Å². The first-order chi connectivity index (χ1) is 17.6. The molecule has 6 aromatic carbocycles. The Balaban J connectivity index is 1.49. The fraction of sp³-hybridized carbons (Fsp3) is 0.0625. The van der Waals surface area contributed by atoms with Crippen LogP contribution in [0.25, 0.3) is 54.6 Å². The highest BCUT2D eigenvalue weighted by atomic mass is 16.5. The fourth-order valence-electron chi connectivity index (χ4n) is 5.13. The Kier molecular flexibility index (Phi) is 5.15. The van der Waals surface area contributed by atoms with Crippen molar-refractivity contribution in [2.45, 2.75) is 0 Å². The maximum absolute atomic E-state index is 12.4. The summed E-state index contributed by atoms with van der Waals surface area (Å²) in [4.78, 5) is 24.5. The van der Waals surface area contributed by atoms with Crippen LogP contribution in [0.5, 0.6) is 0 Å². The van der Waals surface area contributed by atoms with Crippen LogP contribution in [-0.2, 0) is 9.47 Å². The molecule has 0 N–H and O–H groups in total. The number of benzene rings is 6. The number of hydrogen-bond donors (Lipinski definition) is 0. The average molecular weight is 471 g/mol.